The molecule has 0 saturated heterocycles. The van der Waals surface area contributed by atoms with E-state index in [4.69, 9.17) is 0 Å². The maximum absolute atomic E-state index is 12.4. The minimum Gasteiger partial charge on any atom is -0.338 e. The summed E-state index contributed by atoms with van der Waals surface area (Å²) in [5.41, 5.74) is 2.94. The number of nitrogens with one attached hydrogen (secondary N) is 2. The minimum absolute atomic E-state index is 0.0101. The third-order valence-electron chi connectivity index (χ3n) is 7.13. The normalized spacial score (nSPS) is 33.9. The summed E-state index contributed by atoms with van der Waals surface area (Å²) in [6.45, 7) is 5.05. The maximum Gasteiger partial charge on any atom is 0.315 e. The highest BCUT2D eigenvalue weighted by Crippen LogP contribution is 2.61. The van der Waals surface area contributed by atoms with Gasteiger partial charge in [0.15, 0.2) is 0 Å². The first-order chi connectivity index (χ1) is 12.0. The molecular formula is C22H32N2O. The zero-order valence-corrected chi connectivity index (χ0v) is 15.7. The molecule has 2 N–H and O–H groups in total. The van der Waals surface area contributed by atoms with Crippen LogP contribution in [0, 0.1) is 30.1 Å². The van der Waals surface area contributed by atoms with E-state index >= 15 is 0 Å². The van der Waals surface area contributed by atoms with Crippen molar-refractivity contribution in [1.82, 2.24) is 10.6 Å². The molecular weight excluding hydrogens is 308 g/mol. The minimum atomic E-state index is 0.0101. The number of carbonyl (C=O) groups excluding carboxylic acids is 1. The van der Waals surface area contributed by atoms with E-state index in [0.717, 1.165) is 24.2 Å². The molecule has 0 aliphatic heterocycles. The standard InChI is InChI=1S/C22H32N2O/c1-15-4-3-5-17(8-15)6-7-23-21(25)24-16(2)22-12-18-9-19(13-22)11-20(10-18)14-22/h3-5,8,16,18-20H,6-7,9-14H2,1-2H3,(H2,23,24,25). The van der Waals surface area contributed by atoms with Crippen molar-refractivity contribution in [3.63, 3.8) is 0 Å². The van der Waals surface area contributed by atoms with E-state index in [2.05, 4.69) is 48.7 Å². The number of carbonyl (C=O) groups is 1. The number of amides is 2. The van der Waals surface area contributed by atoms with Crippen LogP contribution in [0.5, 0.6) is 0 Å². The van der Waals surface area contributed by atoms with Gasteiger partial charge < -0.3 is 10.6 Å². The summed E-state index contributed by atoms with van der Waals surface area (Å²) in [5, 5.41) is 6.35. The van der Waals surface area contributed by atoms with Gasteiger partial charge in [-0.2, -0.15) is 0 Å². The van der Waals surface area contributed by atoms with Gasteiger partial charge >= 0.3 is 6.03 Å². The summed E-state index contributed by atoms with van der Waals surface area (Å²) in [4.78, 5) is 12.4. The highest BCUT2D eigenvalue weighted by atomic mass is 16.2. The molecule has 2 amide bonds. The first-order valence-corrected chi connectivity index (χ1v) is 10.1. The molecule has 0 aromatic heterocycles. The Labute approximate surface area is 152 Å². The summed E-state index contributed by atoms with van der Waals surface area (Å²) < 4.78 is 0. The lowest BCUT2D eigenvalue weighted by molar-refractivity contribution is -0.0682. The molecule has 4 saturated carbocycles. The fourth-order valence-corrected chi connectivity index (χ4v) is 6.30. The Hall–Kier alpha value is -1.51. The second-order valence-electron chi connectivity index (χ2n) is 9.14. The Morgan fingerprint density at radius 3 is 2.40 bits per heavy atom. The van der Waals surface area contributed by atoms with Crippen molar-refractivity contribution in [2.24, 2.45) is 23.2 Å². The fraction of sp³-hybridized carbons (Fsp3) is 0.682. The Morgan fingerprint density at radius 1 is 1.16 bits per heavy atom. The molecule has 136 valence electrons. The highest BCUT2D eigenvalue weighted by molar-refractivity contribution is 5.74. The van der Waals surface area contributed by atoms with Gasteiger partial charge in [0, 0.05) is 12.6 Å². The average Bonchev–Trinajstić information content (AvgIpc) is 2.53. The third kappa shape index (κ3) is 3.56. The number of aryl methyl sites for hydroxylation is 1. The third-order valence-corrected chi connectivity index (χ3v) is 7.13. The van der Waals surface area contributed by atoms with Crippen LogP contribution < -0.4 is 10.6 Å². The number of urea groups is 1. The van der Waals surface area contributed by atoms with Gasteiger partial charge in [0.2, 0.25) is 0 Å². The number of benzene rings is 1. The predicted octanol–water partition coefficient (Wildman–Crippen LogP) is 4.44. The zero-order valence-electron chi connectivity index (χ0n) is 15.7. The molecule has 4 bridgehead atoms. The van der Waals surface area contributed by atoms with E-state index in [1.807, 2.05) is 0 Å². The lowest BCUT2D eigenvalue weighted by atomic mass is 9.48. The molecule has 1 aromatic rings. The first-order valence-electron chi connectivity index (χ1n) is 10.1. The zero-order chi connectivity index (χ0) is 17.4. The van der Waals surface area contributed by atoms with E-state index in [0.29, 0.717) is 18.0 Å². The van der Waals surface area contributed by atoms with Crippen LogP contribution in [0.2, 0.25) is 0 Å². The smallest absolute Gasteiger partial charge is 0.315 e. The van der Waals surface area contributed by atoms with Gasteiger partial charge in [0.05, 0.1) is 0 Å². The topological polar surface area (TPSA) is 41.1 Å². The fourth-order valence-electron chi connectivity index (χ4n) is 6.30. The Morgan fingerprint density at radius 2 is 1.80 bits per heavy atom. The monoisotopic (exact) mass is 340 g/mol. The molecule has 4 fully saturated rings. The van der Waals surface area contributed by atoms with Gasteiger partial charge in [-0.05, 0) is 87.5 Å². The van der Waals surface area contributed by atoms with Gasteiger partial charge in [0.25, 0.3) is 0 Å². The molecule has 5 rings (SSSR count). The summed E-state index contributed by atoms with van der Waals surface area (Å²) >= 11 is 0. The molecule has 1 unspecified atom stereocenters. The van der Waals surface area contributed by atoms with Crippen LogP contribution in [0.25, 0.3) is 0 Å². The summed E-state index contributed by atoms with van der Waals surface area (Å²) in [6, 6.07) is 8.81. The van der Waals surface area contributed by atoms with E-state index in [1.165, 1.54) is 49.7 Å². The first kappa shape index (κ1) is 16.9. The van der Waals surface area contributed by atoms with Crippen molar-refractivity contribution in [3.05, 3.63) is 35.4 Å². The van der Waals surface area contributed by atoms with Crippen molar-refractivity contribution < 1.29 is 4.79 Å². The average molecular weight is 341 g/mol. The number of hydrogen-bond donors (Lipinski definition) is 2. The molecule has 25 heavy (non-hydrogen) atoms. The summed E-state index contributed by atoms with van der Waals surface area (Å²) in [7, 11) is 0. The van der Waals surface area contributed by atoms with Crippen molar-refractivity contribution >= 4 is 6.03 Å². The lowest BCUT2D eigenvalue weighted by Crippen LogP contribution is -2.57. The SMILES string of the molecule is Cc1cccc(CCNC(=O)NC(C)C23CC4CC(CC(C4)C2)C3)c1. The van der Waals surface area contributed by atoms with E-state index in [-0.39, 0.29) is 6.03 Å². The van der Waals surface area contributed by atoms with Crippen LogP contribution in [0.3, 0.4) is 0 Å². The maximum atomic E-state index is 12.4. The van der Waals surface area contributed by atoms with Crippen LogP contribution in [0.15, 0.2) is 24.3 Å². The van der Waals surface area contributed by atoms with Gasteiger partial charge in [-0.3, -0.25) is 0 Å². The molecule has 0 heterocycles. The summed E-state index contributed by atoms with van der Waals surface area (Å²) in [5.74, 6) is 2.79. The van der Waals surface area contributed by atoms with Crippen molar-refractivity contribution in [2.75, 3.05) is 6.54 Å². The van der Waals surface area contributed by atoms with Gasteiger partial charge in [-0.15, -0.1) is 0 Å². The predicted molar refractivity (Wildman–Crippen MR) is 101 cm³/mol. The largest absolute Gasteiger partial charge is 0.338 e. The van der Waals surface area contributed by atoms with E-state index in [9.17, 15) is 4.79 Å². The van der Waals surface area contributed by atoms with Gasteiger partial charge in [-0.1, -0.05) is 29.8 Å². The van der Waals surface area contributed by atoms with Crippen LogP contribution in [0.4, 0.5) is 4.79 Å². The molecule has 1 aromatic carbocycles. The van der Waals surface area contributed by atoms with Crippen LogP contribution >= 0.6 is 0 Å². The second-order valence-corrected chi connectivity index (χ2v) is 9.14. The van der Waals surface area contributed by atoms with Crippen molar-refractivity contribution in [2.45, 2.75) is 64.8 Å². The molecule has 3 nitrogen and oxygen atoms in total. The van der Waals surface area contributed by atoms with Crippen molar-refractivity contribution in [1.29, 1.82) is 0 Å². The van der Waals surface area contributed by atoms with Gasteiger partial charge in [0.1, 0.15) is 0 Å². The summed E-state index contributed by atoms with van der Waals surface area (Å²) in [6.07, 6.45) is 9.26. The molecule has 3 heteroatoms. The molecule has 1 atom stereocenters. The molecule has 0 spiro atoms. The Balaban J connectivity index is 1.28. The van der Waals surface area contributed by atoms with Crippen LogP contribution in [-0.2, 0) is 6.42 Å². The van der Waals surface area contributed by atoms with Crippen molar-refractivity contribution in [3.8, 4) is 0 Å². The number of rotatable bonds is 5. The molecule has 4 aliphatic carbocycles. The Bertz CT molecular complexity index is 603. The highest BCUT2D eigenvalue weighted by Gasteiger charge is 2.53. The van der Waals surface area contributed by atoms with E-state index in [1.54, 1.807) is 0 Å². The quantitative estimate of drug-likeness (QED) is 0.817. The lowest BCUT2D eigenvalue weighted by Gasteiger charge is -2.59. The Kier molecular flexibility index (Phi) is 4.51. The molecule has 0 radical (unpaired) electrons. The van der Waals surface area contributed by atoms with Gasteiger partial charge in [-0.25, -0.2) is 4.79 Å². The second kappa shape index (κ2) is 6.66. The molecule has 4 aliphatic rings. The van der Waals surface area contributed by atoms with Crippen LogP contribution in [-0.4, -0.2) is 18.6 Å². The van der Waals surface area contributed by atoms with Crippen LogP contribution in [0.1, 0.15) is 56.6 Å². The van der Waals surface area contributed by atoms with E-state index < -0.39 is 0 Å². The number of hydrogen-bond acceptors (Lipinski definition) is 1.